The molecule has 0 bridgehead atoms. The van der Waals surface area contributed by atoms with Crippen LogP contribution in [0.3, 0.4) is 0 Å². The molecule has 0 aromatic heterocycles. The summed E-state index contributed by atoms with van der Waals surface area (Å²) in [5.41, 5.74) is 0. The Balaban J connectivity index is -0.000000342. The first-order chi connectivity index (χ1) is 19.4. The van der Waals surface area contributed by atoms with Crippen LogP contribution in [0.15, 0.2) is 0 Å². The van der Waals surface area contributed by atoms with Crippen LogP contribution in [0.5, 0.6) is 0 Å². The highest BCUT2D eigenvalue weighted by Gasteiger charge is 2.24. The Kier molecular flexibility index (Phi) is 44.7. The predicted molar refractivity (Wildman–Crippen MR) is 186 cm³/mol. The van der Waals surface area contributed by atoms with E-state index in [1.807, 2.05) is 0 Å². The first-order valence-corrected chi connectivity index (χ1v) is 19.0. The van der Waals surface area contributed by atoms with E-state index in [1.54, 1.807) is 0 Å². The van der Waals surface area contributed by atoms with Crippen molar-refractivity contribution in [2.24, 2.45) is 0 Å². The molecule has 0 N–H and O–H groups in total. The molecule has 0 aliphatic rings. The summed E-state index contributed by atoms with van der Waals surface area (Å²) in [5, 5.41) is 0. The van der Waals surface area contributed by atoms with E-state index < -0.39 is 0 Å². The summed E-state index contributed by atoms with van der Waals surface area (Å²) in [6.45, 7) is 22.4. The van der Waals surface area contributed by atoms with Gasteiger partial charge in [-0.05, 0) is 51.4 Å². The summed E-state index contributed by atoms with van der Waals surface area (Å²) < 4.78 is 2.66. The van der Waals surface area contributed by atoms with Crippen molar-refractivity contribution in [3.63, 3.8) is 0 Å². The second-order valence-electron chi connectivity index (χ2n) is 14.0. The van der Waals surface area contributed by atoms with Crippen molar-refractivity contribution >= 4 is 0 Å². The Bertz CT molecular complexity index is 413. The number of hydrogen-bond donors (Lipinski definition) is 0. The van der Waals surface area contributed by atoms with Gasteiger partial charge in [-0.15, -0.1) is 0 Å². The van der Waals surface area contributed by atoms with Crippen molar-refractivity contribution in [1.82, 2.24) is 0 Å². The minimum atomic E-state index is 0. The third-order valence-electron chi connectivity index (χ3n) is 9.18. The van der Waals surface area contributed by atoms with Crippen LogP contribution in [0.1, 0.15) is 196 Å². The second-order valence-corrected chi connectivity index (χ2v) is 14.0. The Labute approximate surface area is 286 Å². The van der Waals surface area contributed by atoms with Gasteiger partial charge in [-0.2, -0.15) is 0 Å². The second kappa shape index (κ2) is 37.9. The van der Waals surface area contributed by atoms with Gasteiger partial charge in [0.25, 0.3) is 0 Å². The molecule has 0 heterocycles. The molecule has 0 aromatic carbocycles. The van der Waals surface area contributed by atoms with Crippen molar-refractivity contribution in [3.8, 4) is 0 Å². The number of hydrogen-bond acceptors (Lipinski definition) is 0. The summed E-state index contributed by atoms with van der Waals surface area (Å²) in [4.78, 5) is 0. The van der Waals surface area contributed by atoms with Crippen molar-refractivity contribution in [2.45, 2.75) is 196 Å². The van der Waals surface area contributed by atoms with Gasteiger partial charge in [0.15, 0.2) is 0 Å². The molecule has 0 aliphatic carbocycles. The smallest absolute Gasteiger partial charge is 0.0786 e. The molecule has 0 amide bonds. The molecule has 0 saturated carbocycles. The number of halogens is 2. The van der Waals surface area contributed by atoms with Gasteiger partial charge < -0.3 is 38.4 Å². The summed E-state index contributed by atoms with van der Waals surface area (Å²) in [6.07, 6.45) is 34.1. The average molecular weight is 684 g/mol. The highest BCUT2D eigenvalue weighted by Crippen LogP contribution is 2.17. The van der Waals surface area contributed by atoms with Gasteiger partial charge in [-0.25, -0.2) is 0 Å². The van der Waals surface area contributed by atoms with Crippen LogP contribution in [0.25, 0.3) is 0 Å². The molecule has 260 valence electrons. The summed E-state index contributed by atoms with van der Waals surface area (Å²) in [5.74, 6) is 0. The molecule has 4 heteroatoms. The molecule has 2 nitrogen and oxygen atoms in total. The topological polar surface area (TPSA) is 0 Å². The van der Waals surface area contributed by atoms with Crippen LogP contribution < -0.4 is 29.4 Å². The fourth-order valence-corrected chi connectivity index (χ4v) is 6.10. The van der Waals surface area contributed by atoms with Crippen molar-refractivity contribution < 1.29 is 38.4 Å². The van der Waals surface area contributed by atoms with Crippen molar-refractivity contribution in [3.05, 3.63) is 0 Å². The van der Waals surface area contributed by atoms with E-state index in [9.17, 15) is 0 Å². The molecule has 42 heavy (non-hydrogen) atoms. The van der Waals surface area contributed by atoms with Crippen LogP contribution in [0, 0.1) is 0 Å². The van der Waals surface area contributed by atoms with E-state index >= 15 is 0 Å². The highest BCUT2D eigenvalue weighted by molar-refractivity contribution is 4.50. The van der Waals surface area contributed by atoms with Gasteiger partial charge in [0.1, 0.15) is 0 Å². The highest BCUT2D eigenvalue weighted by atomic mass is 79.9. The first-order valence-electron chi connectivity index (χ1n) is 19.0. The van der Waals surface area contributed by atoms with E-state index in [2.05, 4.69) is 55.6 Å². The quantitative estimate of drug-likeness (QED) is 0.0611. The molecule has 0 unspecified atom stereocenters. The fraction of sp³-hybridized carbons (Fsp3) is 1.00. The Morgan fingerprint density at radius 3 is 0.738 bits per heavy atom. The van der Waals surface area contributed by atoms with Crippen LogP contribution in [-0.2, 0) is 0 Å². The molecular formula is C38H84BrClN2. The maximum atomic E-state index is 2.43. The molecule has 0 aromatic rings. The van der Waals surface area contributed by atoms with Gasteiger partial charge >= 0.3 is 0 Å². The van der Waals surface area contributed by atoms with Gasteiger partial charge in [0.05, 0.1) is 53.4 Å². The number of nitrogens with zero attached hydrogens (tertiary/aromatic N) is 2. The zero-order chi connectivity index (χ0) is 30.2. The third-order valence-corrected chi connectivity index (χ3v) is 9.18. The lowest BCUT2D eigenvalue weighted by Crippen LogP contribution is -3.00. The largest absolute Gasteiger partial charge is 1.00 e. The zero-order valence-corrected chi connectivity index (χ0v) is 33.2. The van der Waals surface area contributed by atoms with E-state index in [0.29, 0.717) is 0 Å². The van der Waals surface area contributed by atoms with Gasteiger partial charge in [0, 0.05) is 0 Å². The van der Waals surface area contributed by atoms with Crippen LogP contribution in [0.4, 0.5) is 0 Å². The van der Waals surface area contributed by atoms with E-state index in [0.717, 1.165) is 0 Å². The van der Waals surface area contributed by atoms with E-state index in [1.165, 1.54) is 202 Å². The van der Waals surface area contributed by atoms with Crippen LogP contribution >= 0.6 is 0 Å². The molecule has 0 aliphatic heterocycles. The lowest BCUT2D eigenvalue weighted by Gasteiger charge is -2.39. The maximum absolute atomic E-state index is 2.43. The predicted octanol–water partition coefficient (Wildman–Crippen LogP) is 6.36. The van der Waals surface area contributed by atoms with E-state index in [4.69, 9.17) is 0 Å². The Morgan fingerprint density at radius 2 is 0.500 bits per heavy atom. The average Bonchev–Trinajstić information content (AvgIpc) is 2.95. The third kappa shape index (κ3) is 35.2. The van der Waals surface area contributed by atoms with Crippen molar-refractivity contribution in [1.29, 1.82) is 0 Å². The number of quaternary nitrogens is 2. The van der Waals surface area contributed by atoms with Gasteiger partial charge in [-0.3, -0.25) is 0 Å². The Morgan fingerprint density at radius 1 is 0.286 bits per heavy atom. The first kappa shape index (κ1) is 49.6. The maximum Gasteiger partial charge on any atom is 0.0786 e. The summed E-state index contributed by atoms with van der Waals surface area (Å²) in [6, 6.07) is 0. The fourth-order valence-electron chi connectivity index (χ4n) is 6.10. The SMILES string of the molecule is CCCCCCCCCC[N+](C)(C)CCCCCCCCCC.CCCC[N+](CCCC)(CCCC)CCCC.[Br-].[Cl-]. The minimum absolute atomic E-state index is 0. The lowest BCUT2D eigenvalue weighted by molar-refractivity contribution is -0.929. The number of rotatable bonds is 30. The standard InChI is InChI=1S/C22H48N.C16H36N.BrH.ClH/c1-5-7-9-11-13-15-17-19-21-23(3,4)22-20-18-16-14-12-10-8-6-2;1-5-9-13-17(14-10-6-2,15-11-7-3)16-12-8-4;;/h5-22H2,1-4H3;5-16H2,1-4H3;2*1H/q2*+1;;/p-2. The zero-order valence-electron chi connectivity index (χ0n) is 30.9. The normalized spacial score (nSPS) is 11.4. The van der Waals surface area contributed by atoms with Crippen LogP contribution in [-0.4, -0.2) is 62.3 Å². The minimum Gasteiger partial charge on any atom is -1.00 e. The van der Waals surface area contributed by atoms with E-state index in [-0.39, 0.29) is 29.4 Å². The van der Waals surface area contributed by atoms with Gasteiger partial charge in [0.2, 0.25) is 0 Å². The molecule has 0 atom stereocenters. The van der Waals surface area contributed by atoms with Gasteiger partial charge in [-0.1, -0.05) is 144 Å². The molecule has 0 saturated heterocycles. The summed E-state index contributed by atoms with van der Waals surface area (Å²) >= 11 is 0. The van der Waals surface area contributed by atoms with Crippen molar-refractivity contribution in [2.75, 3.05) is 53.4 Å². The number of unbranched alkanes of at least 4 members (excludes halogenated alkanes) is 18. The monoisotopic (exact) mass is 683 g/mol. The van der Waals surface area contributed by atoms with Crippen LogP contribution in [0.2, 0.25) is 0 Å². The molecule has 0 fully saturated rings. The summed E-state index contributed by atoms with van der Waals surface area (Å²) in [7, 11) is 4.87. The molecular weight excluding hydrogens is 600 g/mol. The lowest BCUT2D eigenvalue weighted by atomic mass is 10.1. The molecule has 0 rings (SSSR count). The molecule has 0 spiro atoms. The Hall–Kier alpha value is 0.690. The molecule has 0 radical (unpaired) electrons.